The summed E-state index contributed by atoms with van der Waals surface area (Å²) in [5.74, 6) is 7.19. The third kappa shape index (κ3) is 6.24. The lowest BCUT2D eigenvalue weighted by Gasteiger charge is -2.37. The molecule has 0 spiro atoms. The van der Waals surface area contributed by atoms with Crippen molar-refractivity contribution in [2.75, 3.05) is 26.7 Å². The van der Waals surface area contributed by atoms with E-state index < -0.39 is 16.1 Å². The Hall–Kier alpha value is -2.51. The summed E-state index contributed by atoms with van der Waals surface area (Å²) in [5.41, 5.74) is 1.74. The molecule has 1 saturated carbocycles. The molecule has 1 aromatic heterocycles. The van der Waals surface area contributed by atoms with Crippen LogP contribution >= 0.6 is 0 Å². The molecule has 0 bridgehead atoms. The molecule has 36 heavy (non-hydrogen) atoms. The van der Waals surface area contributed by atoms with Gasteiger partial charge in [-0.25, -0.2) is 18.4 Å². The molecule has 2 aliphatic rings. The predicted molar refractivity (Wildman–Crippen MR) is 138 cm³/mol. The number of fused-ring (bicyclic) bond motifs is 1. The first-order valence-corrected chi connectivity index (χ1v) is 14.1. The smallest absolute Gasteiger partial charge is 0.247 e. The highest BCUT2D eigenvalue weighted by molar-refractivity contribution is 7.89. The van der Waals surface area contributed by atoms with Gasteiger partial charge in [-0.2, -0.15) is 4.31 Å². The third-order valence-electron chi connectivity index (χ3n) is 7.00. The Morgan fingerprint density at radius 3 is 2.67 bits per heavy atom. The molecule has 8 nitrogen and oxygen atoms in total. The van der Waals surface area contributed by atoms with Crippen LogP contribution in [0.4, 0.5) is 0 Å². The maximum absolute atomic E-state index is 13.6. The minimum absolute atomic E-state index is 0.116. The third-order valence-corrected chi connectivity index (χ3v) is 9.02. The van der Waals surface area contributed by atoms with Gasteiger partial charge in [-0.15, -0.1) is 0 Å². The van der Waals surface area contributed by atoms with E-state index in [0.29, 0.717) is 24.8 Å². The average Bonchev–Trinajstić information content (AvgIpc) is 3.39. The Morgan fingerprint density at radius 2 is 1.97 bits per heavy atom. The second-order valence-electron chi connectivity index (χ2n) is 10.1. The number of ether oxygens (including phenoxy) is 1. The number of nitrogens with zero attached hydrogens (tertiary/aromatic N) is 4. The molecule has 1 fully saturated rings. The summed E-state index contributed by atoms with van der Waals surface area (Å²) in [4.78, 5) is 10.4. The first-order chi connectivity index (χ1) is 17.3. The lowest BCUT2D eigenvalue weighted by Crippen LogP contribution is -2.49. The lowest BCUT2D eigenvalue weighted by molar-refractivity contribution is 0.0733. The quantitative estimate of drug-likeness (QED) is 0.595. The first kappa shape index (κ1) is 26.6. The number of hydrogen-bond donors (Lipinski definition) is 1. The van der Waals surface area contributed by atoms with Gasteiger partial charge in [0.05, 0.1) is 6.61 Å². The zero-order valence-corrected chi connectivity index (χ0v) is 22.1. The van der Waals surface area contributed by atoms with Crippen molar-refractivity contribution < 1.29 is 18.3 Å². The Balaban J connectivity index is 1.66. The van der Waals surface area contributed by atoms with Crippen LogP contribution in [-0.2, 0) is 16.6 Å². The first-order valence-electron chi connectivity index (χ1n) is 12.6. The summed E-state index contributed by atoms with van der Waals surface area (Å²) < 4.78 is 35.2. The van der Waals surface area contributed by atoms with Gasteiger partial charge in [-0.05, 0) is 45.0 Å². The van der Waals surface area contributed by atoms with Crippen molar-refractivity contribution in [1.82, 2.24) is 19.2 Å². The lowest BCUT2D eigenvalue weighted by atomic mass is 10.0. The van der Waals surface area contributed by atoms with E-state index in [0.717, 1.165) is 24.0 Å². The van der Waals surface area contributed by atoms with E-state index in [1.54, 1.807) is 37.5 Å². The SMILES string of the molecule is C[C@@H]1CN([C@@H](C)CO)S(=O)(=O)c2ccc(C#CC3CCCC3)cc2O[C@@H]1CN(C)Cc1cncnc1. The zero-order chi connectivity index (χ0) is 25.7. The van der Waals surface area contributed by atoms with Gasteiger partial charge in [0.25, 0.3) is 0 Å². The van der Waals surface area contributed by atoms with Crippen LogP contribution in [0.3, 0.4) is 0 Å². The van der Waals surface area contributed by atoms with Gasteiger partial charge < -0.3 is 9.84 Å². The van der Waals surface area contributed by atoms with E-state index in [1.165, 1.54) is 23.5 Å². The molecule has 0 amide bonds. The minimum Gasteiger partial charge on any atom is -0.487 e. The highest BCUT2D eigenvalue weighted by Gasteiger charge is 2.38. The van der Waals surface area contributed by atoms with Crippen LogP contribution in [0.1, 0.15) is 50.7 Å². The maximum atomic E-state index is 13.6. The maximum Gasteiger partial charge on any atom is 0.247 e. The van der Waals surface area contributed by atoms with Crippen LogP contribution < -0.4 is 4.74 Å². The summed E-state index contributed by atoms with van der Waals surface area (Å²) >= 11 is 0. The molecule has 2 heterocycles. The summed E-state index contributed by atoms with van der Waals surface area (Å²) in [6, 6.07) is 4.56. The second kappa shape index (κ2) is 11.7. The van der Waals surface area contributed by atoms with Crippen LogP contribution in [0.15, 0.2) is 41.8 Å². The van der Waals surface area contributed by atoms with Crippen LogP contribution in [0.5, 0.6) is 5.75 Å². The van der Waals surface area contributed by atoms with E-state index >= 15 is 0 Å². The van der Waals surface area contributed by atoms with Gasteiger partial charge in [0.1, 0.15) is 23.1 Å². The van der Waals surface area contributed by atoms with Crippen molar-refractivity contribution in [2.45, 2.75) is 63.1 Å². The number of aliphatic hydroxyl groups excluding tert-OH is 1. The van der Waals surface area contributed by atoms with Crippen LogP contribution in [0.25, 0.3) is 0 Å². The van der Waals surface area contributed by atoms with Gasteiger partial charge in [-0.1, -0.05) is 31.6 Å². The number of benzene rings is 1. The van der Waals surface area contributed by atoms with E-state index in [9.17, 15) is 13.5 Å². The fourth-order valence-electron chi connectivity index (χ4n) is 4.87. The molecule has 0 unspecified atom stereocenters. The number of aromatic nitrogens is 2. The predicted octanol–water partition coefficient (Wildman–Crippen LogP) is 2.92. The van der Waals surface area contributed by atoms with Crippen LogP contribution in [0.2, 0.25) is 0 Å². The Labute approximate surface area is 214 Å². The molecule has 4 rings (SSSR count). The molecule has 0 radical (unpaired) electrons. The molecule has 1 aliphatic heterocycles. The van der Waals surface area contributed by atoms with Crippen molar-refractivity contribution in [3.8, 4) is 17.6 Å². The topological polar surface area (TPSA) is 95.9 Å². The molecule has 194 valence electrons. The molecular formula is C27H36N4O4S. The fraction of sp³-hybridized carbons (Fsp3) is 0.556. The molecule has 1 aliphatic carbocycles. The molecular weight excluding hydrogens is 476 g/mol. The summed E-state index contributed by atoms with van der Waals surface area (Å²) in [7, 11) is -1.87. The number of rotatable bonds is 6. The number of aliphatic hydroxyl groups is 1. The van der Waals surface area contributed by atoms with Crippen molar-refractivity contribution in [3.63, 3.8) is 0 Å². The van der Waals surface area contributed by atoms with Crippen LogP contribution in [-0.4, -0.2) is 71.6 Å². The monoisotopic (exact) mass is 512 g/mol. The van der Waals surface area contributed by atoms with Crippen LogP contribution in [0, 0.1) is 23.7 Å². The Bertz CT molecular complexity index is 1190. The van der Waals surface area contributed by atoms with Gasteiger partial charge >= 0.3 is 0 Å². The standard InChI is InChI=1S/C27H36N4O4S/c1-20-15-31(21(2)18-32)36(33,34)27-11-10-23(9-8-22-6-4-5-7-22)12-25(27)35-26(20)17-30(3)16-24-13-28-19-29-14-24/h10-14,19-22,26,32H,4-7,15-18H2,1-3H3/t20-,21+,26-/m1/s1. The van der Waals surface area contributed by atoms with Crippen molar-refractivity contribution in [2.24, 2.45) is 11.8 Å². The molecule has 2 aromatic rings. The zero-order valence-electron chi connectivity index (χ0n) is 21.3. The highest BCUT2D eigenvalue weighted by atomic mass is 32.2. The molecule has 1 aromatic carbocycles. The Morgan fingerprint density at radius 1 is 1.25 bits per heavy atom. The molecule has 0 saturated heterocycles. The average molecular weight is 513 g/mol. The summed E-state index contributed by atoms with van der Waals surface area (Å²) in [5, 5.41) is 9.83. The van der Waals surface area contributed by atoms with Gasteiger partial charge in [0.2, 0.25) is 10.0 Å². The van der Waals surface area contributed by atoms with Crippen molar-refractivity contribution in [3.05, 3.63) is 48.0 Å². The fourth-order valence-corrected chi connectivity index (χ4v) is 6.70. The van der Waals surface area contributed by atoms with Gasteiger partial charge in [0, 0.05) is 61.0 Å². The van der Waals surface area contributed by atoms with E-state index in [1.807, 2.05) is 14.0 Å². The molecule has 1 N–H and O–H groups in total. The summed E-state index contributed by atoms with van der Waals surface area (Å²) in [6.45, 7) is 4.93. The van der Waals surface area contributed by atoms with E-state index in [4.69, 9.17) is 4.74 Å². The van der Waals surface area contributed by atoms with E-state index in [2.05, 4.69) is 26.7 Å². The number of hydrogen-bond acceptors (Lipinski definition) is 7. The highest BCUT2D eigenvalue weighted by Crippen LogP contribution is 2.34. The normalized spacial score (nSPS) is 23.1. The largest absolute Gasteiger partial charge is 0.487 e. The number of likely N-dealkylation sites (N-methyl/N-ethyl adjacent to an activating group) is 1. The molecule has 9 heteroatoms. The van der Waals surface area contributed by atoms with Crippen molar-refractivity contribution >= 4 is 10.0 Å². The number of sulfonamides is 1. The second-order valence-corrected chi connectivity index (χ2v) is 12.0. The van der Waals surface area contributed by atoms with Gasteiger partial charge in [-0.3, -0.25) is 4.90 Å². The molecule has 3 atom stereocenters. The van der Waals surface area contributed by atoms with Crippen molar-refractivity contribution in [1.29, 1.82) is 0 Å². The van der Waals surface area contributed by atoms with Gasteiger partial charge in [0.15, 0.2) is 0 Å². The summed E-state index contributed by atoms with van der Waals surface area (Å²) in [6.07, 6.45) is 9.47. The van der Waals surface area contributed by atoms with E-state index in [-0.39, 0.29) is 30.1 Å². The Kier molecular flexibility index (Phi) is 8.62. The minimum atomic E-state index is -3.86.